The molecule has 3 aromatic rings. The predicted octanol–water partition coefficient (Wildman–Crippen LogP) is 3.26. The van der Waals surface area contributed by atoms with Crippen LogP contribution in [0.15, 0.2) is 54.6 Å². The quantitative estimate of drug-likeness (QED) is 0.649. The smallest absolute Gasteiger partial charge is 0.387 e. The number of aromatic nitrogens is 1. The van der Waals surface area contributed by atoms with Crippen molar-refractivity contribution in [3.8, 4) is 5.75 Å². The molecular weight excluding hydrogens is 392 g/mol. The largest absolute Gasteiger partial charge is 0.435 e. The van der Waals surface area contributed by atoms with E-state index in [-0.39, 0.29) is 11.7 Å². The van der Waals surface area contributed by atoms with Crippen molar-refractivity contribution in [2.75, 3.05) is 32.7 Å². The summed E-state index contributed by atoms with van der Waals surface area (Å²) in [5.74, 6) is 0.0334. The summed E-state index contributed by atoms with van der Waals surface area (Å²) in [6.07, 6.45) is -0.749. The van der Waals surface area contributed by atoms with Crippen LogP contribution in [0.5, 0.6) is 5.75 Å². The van der Waals surface area contributed by atoms with Gasteiger partial charge < -0.3 is 19.7 Å². The molecule has 1 fully saturated rings. The molecule has 0 bridgehead atoms. The molecule has 2 heterocycles. The number of benzene rings is 2. The zero-order chi connectivity index (χ0) is 21.1. The number of β-amino-alcohol motifs (C(OH)–C–C–N with tert-alkyl or cyclic N) is 1. The van der Waals surface area contributed by atoms with Gasteiger partial charge >= 0.3 is 6.61 Å². The van der Waals surface area contributed by atoms with Crippen molar-refractivity contribution in [3.63, 3.8) is 0 Å². The standard InChI is InChI=1S/C22H23F2N3O3/c23-22(24)30-17-7-5-15(6-8-17)20(28)14-26-9-11-27(12-10-26)21(29)19-13-16-3-1-2-4-18(16)25-19/h1-8,13,20,22,25,28H,9-12,14H2. The molecule has 0 saturated carbocycles. The van der Waals surface area contributed by atoms with Crippen molar-refractivity contribution >= 4 is 16.8 Å². The highest BCUT2D eigenvalue weighted by molar-refractivity contribution is 5.98. The normalized spacial score (nSPS) is 16.2. The van der Waals surface area contributed by atoms with E-state index in [2.05, 4.69) is 14.6 Å². The molecule has 0 spiro atoms. The maximum atomic E-state index is 12.8. The number of nitrogens with zero attached hydrogens (tertiary/aromatic N) is 2. The number of carbonyl (C=O) groups excluding carboxylic acids is 1. The second-order valence-electron chi connectivity index (χ2n) is 7.33. The van der Waals surface area contributed by atoms with Crippen LogP contribution < -0.4 is 4.74 Å². The molecule has 1 unspecified atom stereocenters. The van der Waals surface area contributed by atoms with Gasteiger partial charge in [-0.3, -0.25) is 9.69 Å². The van der Waals surface area contributed by atoms with Crippen LogP contribution in [0.3, 0.4) is 0 Å². The average Bonchev–Trinajstić information content (AvgIpc) is 3.18. The minimum atomic E-state index is -2.87. The highest BCUT2D eigenvalue weighted by Crippen LogP contribution is 2.21. The molecule has 2 N–H and O–H groups in total. The SMILES string of the molecule is O=C(c1cc2ccccc2[nH]1)N1CCN(CC(O)c2ccc(OC(F)F)cc2)CC1. The van der Waals surface area contributed by atoms with Gasteiger partial charge in [-0.1, -0.05) is 30.3 Å². The number of fused-ring (bicyclic) bond motifs is 1. The molecule has 1 atom stereocenters. The van der Waals surface area contributed by atoms with Crippen LogP contribution in [0, 0.1) is 0 Å². The summed E-state index contributed by atoms with van der Waals surface area (Å²) in [6, 6.07) is 15.6. The minimum Gasteiger partial charge on any atom is -0.435 e. The number of hydrogen-bond acceptors (Lipinski definition) is 4. The number of carbonyl (C=O) groups is 1. The second kappa shape index (κ2) is 8.81. The molecular formula is C22H23F2N3O3. The van der Waals surface area contributed by atoms with E-state index >= 15 is 0 Å². The van der Waals surface area contributed by atoms with Crippen molar-refractivity contribution < 1.29 is 23.4 Å². The number of hydrogen-bond donors (Lipinski definition) is 2. The first-order chi connectivity index (χ1) is 14.5. The van der Waals surface area contributed by atoms with E-state index in [4.69, 9.17) is 0 Å². The van der Waals surface area contributed by atoms with Crippen LogP contribution in [0.4, 0.5) is 8.78 Å². The van der Waals surface area contributed by atoms with Gasteiger partial charge in [0.05, 0.1) is 6.10 Å². The number of nitrogens with one attached hydrogen (secondary N) is 1. The molecule has 1 aromatic heterocycles. The third-order valence-corrected chi connectivity index (χ3v) is 5.34. The fourth-order valence-corrected chi connectivity index (χ4v) is 3.71. The van der Waals surface area contributed by atoms with Gasteiger partial charge in [0.15, 0.2) is 0 Å². The summed E-state index contributed by atoms with van der Waals surface area (Å²) in [5.41, 5.74) is 2.15. The van der Waals surface area contributed by atoms with Crippen molar-refractivity contribution in [1.29, 1.82) is 0 Å². The first-order valence-electron chi connectivity index (χ1n) is 9.82. The Morgan fingerprint density at radius 1 is 1.07 bits per heavy atom. The first-order valence-corrected chi connectivity index (χ1v) is 9.82. The van der Waals surface area contributed by atoms with Crippen LogP contribution in [-0.2, 0) is 0 Å². The summed E-state index contributed by atoms with van der Waals surface area (Å²) in [7, 11) is 0. The molecule has 8 heteroatoms. The zero-order valence-electron chi connectivity index (χ0n) is 16.3. The minimum absolute atomic E-state index is 0.0268. The molecule has 6 nitrogen and oxygen atoms in total. The average molecular weight is 415 g/mol. The van der Waals surface area contributed by atoms with Crippen LogP contribution in [-0.4, -0.2) is 65.1 Å². The number of alkyl halides is 2. The molecule has 4 rings (SSSR count). The Hall–Kier alpha value is -2.97. The van der Waals surface area contributed by atoms with Gasteiger partial charge in [-0.15, -0.1) is 0 Å². The number of ether oxygens (including phenoxy) is 1. The summed E-state index contributed by atoms with van der Waals surface area (Å²) < 4.78 is 28.8. The fraction of sp³-hybridized carbons (Fsp3) is 0.318. The topological polar surface area (TPSA) is 68.8 Å². The lowest BCUT2D eigenvalue weighted by Crippen LogP contribution is -2.49. The maximum absolute atomic E-state index is 12.8. The Bertz CT molecular complexity index is 965. The van der Waals surface area contributed by atoms with Gasteiger partial charge in [0, 0.05) is 43.6 Å². The summed E-state index contributed by atoms with van der Waals surface area (Å²) in [6.45, 7) is -0.0251. The second-order valence-corrected chi connectivity index (χ2v) is 7.33. The monoisotopic (exact) mass is 415 g/mol. The molecule has 1 aliphatic rings. The van der Waals surface area contributed by atoms with Crippen molar-refractivity contribution in [2.45, 2.75) is 12.7 Å². The Balaban J connectivity index is 1.30. The third-order valence-electron chi connectivity index (χ3n) is 5.34. The van der Waals surface area contributed by atoms with Gasteiger partial charge in [0.1, 0.15) is 11.4 Å². The zero-order valence-corrected chi connectivity index (χ0v) is 16.3. The van der Waals surface area contributed by atoms with E-state index in [1.165, 1.54) is 12.1 Å². The number of aliphatic hydroxyl groups excluding tert-OH is 1. The Morgan fingerprint density at radius 2 is 1.77 bits per heavy atom. The van der Waals surface area contributed by atoms with Gasteiger partial charge in [-0.25, -0.2) is 0 Å². The number of amides is 1. The molecule has 0 radical (unpaired) electrons. The lowest BCUT2D eigenvalue weighted by molar-refractivity contribution is -0.0498. The molecule has 2 aromatic carbocycles. The van der Waals surface area contributed by atoms with Crippen molar-refractivity contribution in [1.82, 2.24) is 14.8 Å². The van der Waals surface area contributed by atoms with Crippen LogP contribution in [0.25, 0.3) is 10.9 Å². The van der Waals surface area contributed by atoms with E-state index < -0.39 is 12.7 Å². The maximum Gasteiger partial charge on any atom is 0.387 e. The summed E-state index contributed by atoms with van der Waals surface area (Å²) in [4.78, 5) is 19.9. The Labute approximate surface area is 172 Å². The van der Waals surface area contributed by atoms with E-state index in [1.54, 1.807) is 12.1 Å². The fourth-order valence-electron chi connectivity index (χ4n) is 3.71. The van der Waals surface area contributed by atoms with Crippen molar-refractivity contribution in [3.05, 3.63) is 65.9 Å². The van der Waals surface area contributed by atoms with Crippen LogP contribution in [0.1, 0.15) is 22.2 Å². The number of aliphatic hydroxyl groups is 1. The molecule has 0 aliphatic carbocycles. The lowest BCUT2D eigenvalue weighted by Gasteiger charge is -2.35. The lowest BCUT2D eigenvalue weighted by atomic mass is 10.1. The van der Waals surface area contributed by atoms with Crippen molar-refractivity contribution in [2.24, 2.45) is 0 Å². The molecule has 158 valence electrons. The van der Waals surface area contributed by atoms with Gasteiger partial charge in [-0.05, 0) is 29.8 Å². The van der Waals surface area contributed by atoms with E-state index in [9.17, 15) is 18.7 Å². The third kappa shape index (κ3) is 4.60. The molecule has 1 amide bonds. The highest BCUT2D eigenvalue weighted by Gasteiger charge is 2.24. The Kier molecular flexibility index (Phi) is 5.96. The molecule has 1 saturated heterocycles. The van der Waals surface area contributed by atoms with Gasteiger partial charge in [-0.2, -0.15) is 8.78 Å². The first kappa shape index (κ1) is 20.3. The number of piperazine rings is 1. The van der Waals surface area contributed by atoms with Crippen LogP contribution >= 0.6 is 0 Å². The number of rotatable bonds is 6. The van der Waals surface area contributed by atoms with E-state index in [0.29, 0.717) is 44.0 Å². The number of halogens is 2. The van der Waals surface area contributed by atoms with Gasteiger partial charge in [0.25, 0.3) is 5.91 Å². The molecule has 1 aliphatic heterocycles. The molecule has 30 heavy (non-hydrogen) atoms. The van der Waals surface area contributed by atoms with Gasteiger partial charge in [0.2, 0.25) is 0 Å². The van der Waals surface area contributed by atoms with Crippen LogP contribution in [0.2, 0.25) is 0 Å². The number of H-pyrrole nitrogens is 1. The summed E-state index contributed by atoms with van der Waals surface area (Å²) >= 11 is 0. The Morgan fingerprint density at radius 3 is 2.43 bits per heavy atom. The number of para-hydroxylation sites is 1. The van der Waals surface area contributed by atoms with E-state index in [1.807, 2.05) is 35.2 Å². The number of aromatic amines is 1. The van der Waals surface area contributed by atoms with E-state index in [0.717, 1.165) is 10.9 Å². The highest BCUT2D eigenvalue weighted by atomic mass is 19.3. The summed E-state index contributed by atoms with van der Waals surface area (Å²) in [5, 5.41) is 11.5. The predicted molar refractivity (Wildman–Crippen MR) is 109 cm³/mol.